The summed E-state index contributed by atoms with van der Waals surface area (Å²) in [6.07, 6.45) is 2.49. The first-order valence-electron chi connectivity index (χ1n) is 22.0. The minimum Gasteiger partial charge on any atom is -0.480 e. The largest absolute Gasteiger partial charge is 0.488 e. The minimum atomic E-state index is -1.56. The van der Waals surface area contributed by atoms with Gasteiger partial charge in [-0.3, -0.25) is 38.7 Å². The van der Waals surface area contributed by atoms with E-state index in [1.54, 1.807) is 24.3 Å². The molecule has 0 saturated heterocycles. The third kappa shape index (κ3) is 8.86. The van der Waals surface area contributed by atoms with Crippen molar-refractivity contribution >= 4 is 70.2 Å². The number of carboxylic acids is 1. The number of nitrogens with zero attached hydrogens (tertiary/aromatic N) is 2. The lowest BCUT2D eigenvalue weighted by Crippen LogP contribution is -2.38. The highest BCUT2D eigenvalue weighted by atomic mass is 16.4. The van der Waals surface area contributed by atoms with Crippen LogP contribution >= 0.6 is 0 Å². The number of aromatic nitrogens is 4. The highest BCUT2D eigenvalue weighted by molar-refractivity contribution is 6.58. The number of Topliss-reactive ketones (excluding diaryl/α,β-unsaturated/α-hetero) is 3. The van der Waals surface area contributed by atoms with Gasteiger partial charge in [0.05, 0.1) is 16.7 Å². The first kappa shape index (κ1) is 45.9. The zero-order valence-corrected chi connectivity index (χ0v) is 37.0. The van der Waals surface area contributed by atoms with Gasteiger partial charge in [0.1, 0.15) is 12.0 Å². The molecule has 8 bridgehead atoms. The van der Waals surface area contributed by atoms with Crippen molar-refractivity contribution in [2.75, 3.05) is 13.1 Å². The Labute approximate surface area is 371 Å². The number of aromatic amines is 2. The molecular weight excluding hydrogens is 815 g/mol. The fraction of sp³-hybridized carbons (Fsp3) is 0.417. The Hall–Kier alpha value is -6.10. The van der Waals surface area contributed by atoms with E-state index in [0.29, 0.717) is 80.6 Å². The van der Waals surface area contributed by atoms with Crippen LogP contribution in [0.4, 0.5) is 0 Å². The van der Waals surface area contributed by atoms with Crippen LogP contribution in [0.2, 0.25) is 0 Å². The fourth-order valence-corrected chi connectivity index (χ4v) is 9.80. The summed E-state index contributed by atoms with van der Waals surface area (Å²) in [6.45, 7) is 12.0. The number of carbonyl (C=O) groups excluding carboxylic acids is 5. The third-order valence-electron chi connectivity index (χ3n) is 13.5. The molecule has 7 N–H and O–H groups in total. The smallest absolute Gasteiger partial charge is 0.480 e. The van der Waals surface area contributed by atoms with E-state index in [4.69, 9.17) is 9.97 Å². The summed E-state index contributed by atoms with van der Waals surface area (Å²) in [5, 5.41) is 34.4. The standard InChI is InChI=1S/C48H55BN6O9/c1-7-30-23(2)33-21-38-41(27(6)57)25(4)35(53-38)19-34-24(3)31(45(54-34)44-43(39(58)22-56)47(60)42-26(5)36(55-46(42)44)20-37(30)52-33)14-15-40(59)51-17-8-9-32(48(61)62)50-18-16-28-10-12-29(13-11-28)49(63)64/h10-13,19-24,30-32,43,50,53,55,63-64H,7-9,14-18H2,1-6H3,(H,51,59)(H,61,62)/t23-,24+,30-,31+,32+,43?/m1/s1. The zero-order chi connectivity index (χ0) is 46.1. The molecule has 15 nitrogen and oxygen atoms in total. The van der Waals surface area contributed by atoms with Crippen LogP contribution < -0.4 is 16.1 Å². The topological polar surface area (TPSA) is 245 Å². The highest BCUT2D eigenvalue weighted by Crippen LogP contribution is 2.48. The maximum absolute atomic E-state index is 14.3. The molecule has 0 saturated carbocycles. The lowest BCUT2D eigenvalue weighted by atomic mass is 9.80. The first-order chi connectivity index (χ1) is 30.5. The summed E-state index contributed by atoms with van der Waals surface area (Å²) in [7, 11) is -1.56. The highest BCUT2D eigenvalue weighted by Gasteiger charge is 2.44. The molecule has 3 aromatic heterocycles. The lowest BCUT2D eigenvalue weighted by Gasteiger charge is -2.19. The number of amides is 1. The van der Waals surface area contributed by atoms with Gasteiger partial charge >= 0.3 is 13.1 Å². The van der Waals surface area contributed by atoms with Crippen molar-refractivity contribution in [1.82, 2.24) is 30.6 Å². The predicted molar refractivity (Wildman–Crippen MR) is 242 cm³/mol. The second-order valence-electron chi connectivity index (χ2n) is 17.4. The summed E-state index contributed by atoms with van der Waals surface area (Å²) < 4.78 is 0. The molecule has 2 aliphatic heterocycles. The van der Waals surface area contributed by atoms with Crippen LogP contribution in [0.3, 0.4) is 0 Å². The van der Waals surface area contributed by atoms with Crippen LogP contribution in [0.25, 0.3) is 22.1 Å². The van der Waals surface area contributed by atoms with Crippen molar-refractivity contribution in [3.05, 3.63) is 98.6 Å². The van der Waals surface area contributed by atoms with Crippen LogP contribution in [0.15, 0.2) is 42.5 Å². The molecule has 64 heavy (non-hydrogen) atoms. The van der Waals surface area contributed by atoms with Crippen LogP contribution in [0.1, 0.15) is 155 Å². The Morgan fingerprint density at radius 3 is 2.20 bits per heavy atom. The summed E-state index contributed by atoms with van der Waals surface area (Å²) in [5.41, 5.74) is 8.89. The number of ketones is 3. The van der Waals surface area contributed by atoms with Gasteiger partial charge in [0.2, 0.25) is 11.7 Å². The summed E-state index contributed by atoms with van der Waals surface area (Å²) in [4.78, 5) is 95.6. The van der Waals surface area contributed by atoms with Crippen LogP contribution in [0, 0.1) is 13.8 Å². The van der Waals surface area contributed by atoms with Gasteiger partial charge in [-0.15, -0.1) is 0 Å². The van der Waals surface area contributed by atoms with Crippen molar-refractivity contribution in [2.24, 2.45) is 0 Å². The summed E-state index contributed by atoms with van der Waals surface area (Å²) >= 11 is 0. The predicted octanol–water partition coefficient (Wildman–Crippen LogP) is 5.01. The molecule has 334 valence electrons. The van der Waals surface area contributed by atoms with Crippen LogP contribution in [-0.2, 0) is 25.6 Å². The number of aliphatic carboxylic acids is 1. The van der Waals surface area contributed by atoms with Gasteiger partial charge in [0.15, 0.2) is 17.9 Å². The number of fused-ring (bicyclic) bond motifs is 8. The summed E-state index contributed by atoms with van der Waals surface area (Å²) in [6, 6.07) is 11.6. The molecule has 6 atom stereocenters. The molecule has 5 heterocycles. The van der Waals surface area contributed by atoms with Gasteiger partial charge in [-0.05, 0) is 99.8 Å². The first-order valence-corrected chi connectivity index (χ1v) is 22.0. The monoisotopic (exact) mass is 870 g/mol. The average molecular weight is 871 g/mol. The van der Waals surface area contributed by atoms with Crippen molar-refractivity contribution in [3.63, 3.8) is 0 Å². The normalized spacial score (nSPS) is 19.4. The molecule has 1 unspecified atom stereocenters. The van der Waals surface area contributed by atoms with E-state index in [2.05, 4.69) is 34.4 Å². The van der Waals surface area contributed by atoms with Gasteiger partial charge in [0, 0.05) is 81.4 Å². The molecular formula is C48H55BN6O9. The number of benzene rings is 1. The third-order valence-corrected chi connectivity index (χ3v) is 13.5. The van der Waals surface area contributed by atoms with Gasteiger partial charge in [-0.2, -0.15) is 0 Å². The number of hydrogen-bond donors (Lipinski definition) is 7. The Bertz CT molecular complexity index is 2710. The zero-order valence-electron chi connectivity index (χ0n) is 37.0. The molecule has 1 aliphatic carbocycles. The number of carboxylic acid groups (broad SMARTS) is 1. The van der Waals surface area contributed by atoms with Crippen molar-refractivity contribution in [2.45, 2.75) is 116 Å². The molecule has 1 amide bonds. The Balaban J connectivity index is 1.19. The fourth-order valence-electron chi connectivity index (χ4n) is 9.80. The molecule has 0 spiro atoms. The number of carbonyl (C=O) groups is 6. The Kier molecular flexibility index (Phi) is 13.6. The molecule has 7 rings (SSSR count). The van der Waals surface area contributed by atoms with E-state index in [1.165, 1.54) is 6.92 Å². The van der Waals surface area contributed by atoms with E-state index in [-0.39, 0.29) is 61.5 Å². The number of aryl methyl sites for hydroxylation is 2. The van der Waals surface area contributed by atoms with Gasteiger partial charge in [-0.25, -0.2) is 0 Å². The quantitative estimate of drug-likeness (QED) is 0.0185. The number of nitrogens with one attached hydrogen (secondary N) is 4. The van der Waals surface area contributed by atoms with Gasteiger partial charge in [-0.1, -0.05) is 45.0 Å². The van der Waals surface area contributed by atoms with E-state index in [1.807, 2.05) is 39.0 Å². The van der Waals surface area contributed by atoms with Crippen molar-refractivity contribution in [1.29, 1.82) is 0 Å². The van der Waals surface area contributed by atoms with Crippen molar-refractivity contribution in [3.8, 4) is 0 Å². The maximum atomic E-state index is 14.3. The molecule has 1 aromatic carbocycles. The van der Waals surface area contributed by atoms with E-state index < -0.39 is 42.5 Å². The molecule has 16 heteroatoms. The van der Waals surface area contributed by atoms with E-state index in [0.717, 1.165) is 28.9 Å². The number of H-pyrrole nitrogens is 2. The molecule has 4 aromatic rings. The van der Waals surface area contributed by atoms with Crippen LogP contribution in [-0.4, -0.2) is 96.9 Å². The Morgan fingerprint density at radius 2 is 1.55 bits per heavy atom. The van der Waals surface area contributed by atoms with Gasteiger partial charge < -0.3 is 35.8 Å². The average Bonchev–Trinajstić information content (AvgIpc) is 4.01. The molecule has 3 aliphatic rings. The SMILES string of the molecule is CC[C@H]1c2cc3[nH]c4c(c3C)C(=O)C(C(=O)C=O)c4c3nc(cc4[nH]c(cc(n2)[C@@H]1C)c(C(C)=O)c4C)[C@@H](C)[C@@H]3CCC(=O)NCCC[C@H](NCCc1ccc(B(O)O)cc1)C(=O)O. The second kappa shape index (κ2) is 18.9. The number of hydrogen-bond acceptors (Lipinski definition) is 11. The maximum Gasteiger partial charge on any atom is 0.488 e. The van der Waals surface area contributed by atoms with Crippen LogP contribution in [0.5, 0.6) is 0 Å². The second-order valence-corrected chi connectivity index (χ2v) is 17.4. The van der Waals surface area contributed by atoms with Gasteiger partial charge in [0.25, 0.3) is 0 Å². The van der Waals surface area contributed by atoms with E-state index in [9.17, 15) is 43.9 Å². The number of rotatable bonds is 17. The Morgan fingerprint density at radius 1 is 0.891 bits per heavy atom. The lowest BCUT2D eigenvalue weighted by molar-refractivity contribution is -0.139. The molecule has 0 radical (unpaired) electrons. The molecule has 0 fully saturated rings. The summed E-state index contributed by atoms with van der Waals surface area (Å²) in [5.74, 6) is -4.86. The number of aldehydes is 1. The van der Waals surface area contributed by atoms with Crippen molar-refractivity contribution < 1.29 is 43.9 Å². The minimum absolute atomic E-state index is 0.0349. The van der Waals surface area contributed by atoms with E-state index >= 15 is 0 Å².